The molecule has 2 heteroatoms. The van der Waals surface area contributed by atoms with Crippen molar-refractivity contribution in [3.8, 4) is 0 Å². The van der Waals surface area contributed by atoms with Crippen molar-refractivity contribution in [2.75, 3.05) is 0 Å². The Bertz CT molecular complexity index is 404. The molecule has 2 rings (SSSR count). The Kier molecular flexibility index (Phi) is 3.69. The molecule has 0 aliphatic carbocycles. The molecule has 0 radical (unpaired) electrons. The van der Waals surface area contributed by atoms with Gasteiger partial charge in [0.05, 0.1) is 0 Å². The molecule has 0 saturated carbocycles. The van der Waals surface area contributed by atoms with Crippen molar-refractivity contribution in [3.63, 3.8) is 0 Å². The fourth-order valence-corrected chi connectivity index (χ4v) is 1.25. The molecule has 1 nitrogen and oxygen atoms in total. The number of benzene rings is 1. The van der Waals surface area contributed by atoms with Gasteiger partial charge in [-0.3, -0.25) is 0 Å². The van der Waals surface area contributed by atoms with Crippen LogP contribution in [0.2, 0.25) is 0 Å². The average molecular weight is 193 g/mol. The highest BCUT2D eigenvalue weighted by Gasteiger charge is 1.97. The number of nitrogens with one attached hydrogen (secondary N) is 1. The van der Waals surface area contributed by atoms with Gasteiger partial charge in [-0.05, 0) is 31.2 Å². The number of rotatable bonds is 0. The first kappa shape index (κ1) is 10.8. The smallest absolute Gasteiger partial charge is 0.123 e. The van der Waals surface area contributed by atoms with Gasteiger partial charge in [-0.2, -0.15) is 0 Å². The molecule has 0 amide bonds. The molecule has 14 heavy (non-hydrogen) atoms. The summed E-state index contributed by atoms with van der Waals surface area (Å²) in [6.45, 7) is 6.21. The van der Waals surface area contributed by atoms with Crippen LogP contribution >= 0.6 is 0 Å². The fraction of sp³-hybridized carbons (Fsp3) is 0.333. The molecule has 0 bridgehead atoms. The van der Waals surface area contributed by atoms with E-state index in [1.807, 2.05) is 13.0 Å². The molecule has 1 heterocycles. The predicted octanol–water partition coefficient (Wildman–Crippen LogP) is 4.03. The highest BCUT2D eigenvalue weighted by molar-refractivity contribution is 5.80. The summed E-state index contributed by atoms with van der Waals surface area (Å²) in [6.07, 6.45) is 1.25. The summed E-state index contributed by atoms with van der Waals surface area (Å²) in [4.78, 5) is 3.12. The van der Waals surface area contributed by atoms with Crippen molar-refractivity contribution in [2.24, 2.45) is 0 Å². The summed E-state index contributed by atoms with van der Waals surface area (Å²) in [7, 11) is 0. The molecule has 1 aromatic carbocycles. The Labute approximate surface area is 84.0 Å². The number of fused-ring (bicyclic) bond motifs is 1. The Balaban J connectivity index is 0.000000293. The summed E-state index contributed by atoms with van der Waals surface area (Å²) in [5.74, 6) is -0.184. The molecule has 0 aliphatic rings. The van der Waals surface area contributed by atoms with E-state index in [0.717, 1.165) is 16.6 Å². The summed E-state index contributed by atoms with van der Waals surface area (Å²) in [6, 6.07) is 6.66. The summed E-state index contributed by atoms with van der Waals surface area (Å²) in [5.41, 5.74) is 2.05. The number of halogens is 1. The van der Waals surface area contributed by atoms with Crippen LogP contribution in [0, 0.1) is 12.7 Å². The Morgan fingerprint density at radius 3 is 2.50 bits per heavy atom. The Hall–Kier alpha value is -1.31. The summed E-state index contributed by atoms with van der Waals surface area (Å²) in [5, 5.41) is 0.933. The molecule has 1 N–H and O–H groups in total. The third-order valence-corrected chi connectivity index (χ3v) is 1.72. The molecule has 0 spiro atoms. The van der Waals surface area contributed by atoms with Gasteiger partial charge in [-0.15, -0.1) is 0 Å². The van der Waals surface area contributed by atoms with E-state index in [0.29, 0.717) is 0 Å². The van der Waals surface area contributed by atoms with E-state index < -0.39 is 0 Å². The molecular formula is C12H16FN. The van der Waals surface area contributed by atoms with Gasteiger partial charge >= 0.3 is 0 Å². The van der Waals surface area contributed by atoms with Crippen molar-refractivity contribution in [1.82, 2.24) is 4.98 Å². The first-order valence-electron chi connectivity index (χ1n) is 4.92. The molecule has 2 aromatic rings. The zero-order chi connectivity index (χ0) is 10.6. The maximum absolute atomic E-state index is 12.6. The standard InChI is InChI=1S/C9H8FN.C3H8/c1-6-4-7-5-8(10)2-3-9(7)11-6;1-3-2/h2-5,11H,1H3;3H2,1-2H3. The van der Waals surface area contributed by atoms with Crippen molar-refractivity contribution < 1.29 is 4.39 Å². The minimum atomic E-state index is -0.184. The predicted molar refractivity (Wildman–Crippen MR) is 59.0 cm³/mol. The van der Waals surface area contributed by atoms with Gasteiger partial charge in [0.15, 0.2) is 0 Å². The second-order valence-electron chi connectivity index (χ2n) is 3.39. The topological polar surface area (TPSA) is 15.8 Å². The van der Waals surface area contributed by atoms with E-state index in [-0.39, 0.29) is 5.82 Å². The van der Waals surface area contributed by atoms with E-state index in [2.05, 4.69) is 18.8 Å². The SMILES string of the molecule is CCC.Cc1cc2cc(F)ccc2[nH]1. The number of aryl methyl sites for hydroxylation is 1. The fourth-order valence-electron chi connectivity index (χ4n) is 1.25. The van der Waals surface area contributed by atoms with Gasteiger partial charge < -0.3 is 4.98 Å². The first-order chi connectivity index (χ1) is 6.67. The van der Waals surface area contributed by atoms with Crippen LogP contribution < -0.4 is 0 Å². The quantitative estimate of drug-likeness (QED) is 0.650. The van der Waals surface area contributed by atoms with Crippen molar-refractivity contribution in [2.45, 2.75) is 27.2 Å². The van der Waals surface area contributed by atoms with Crippen LogP contribution in [-0.4, -0.2) is 4.98 Å². The largest absolute Gasteiger partial charge is 0.359 e. The first-order valence-corrected chi connectivity index (χ1v) is 4.92. The van der Waals surface area contributed by atoms with Crippen LogP contribution in [0.1, 0.15) is 26.0 Å². The summed E-state index contributed by atoms with van der Waals surface area (Å²) < 4.78 is 12.6. The van der Waals surface area contributed by atoms with Crippen LogP contribution in [0.5, 0.6) is 0 Å². The van der Waals surface area contributed by atoms with Gasteiger partial charge in [-0.25, -0.2) is 4.39 Å². The van der Waals surface area contributed by atoms with Gasteiger partial charge in [0.2, 0.25) is 0 Å². The monoisotopic (exact) mass is 193 g/mol. The van der Waals surface area contributed by atoms with Crippen LogP contribution in [0.15, 0.2) is 24.3 Å². The van der Waals surface area contributed by atoms with E-state index in [1.54, 1.807) is 6.07 Å². The average Bonchev–Trinajstić information content (AvgIpc) is 2.45. The van der Waals surface area contributed by atoms with Gasteiger partial charge in [-0.1, -0.05) is 20.3 Å². The Morgan fingerprint density at radius 1 is 1.21 bits per heavy atom. The normalized spacial score (nSPS) is 9.71. The lowest BCUT2D eigenvalue weighted by Gasteiger charge is -1.87. The van der Waals surface area contributed by atoms with Crippen LogP contribution in [0.3, 0.4) is 0 Å². The van der Waals surface area contributed by atoms with Gasteiger partial charge in [0.1, 0.15) is 5.82 Å². The van der Waals surface area contributed by atoms with Crippen LogP contribution in [0.25, 0.3) is 10.9 Å². The number of H-pyrrole nitrogens is 1. The van der Waals surface area contributed by atoms with Crippen molar-refractivity contribution in [3.05, 3.63) is 35.8 Å². The maximum Gasteiger partial charge on any atom is 0.123 e. The molecule has 76 valence electrons. The van der Waals surface area contributed by atoms with E-state index in [1.165, 1.54) is 18.6 Å². The van der Waals surface area contributed by atoms with Crippen LogP contribution in [-0.2, 0) is 0 Å². The number of aromatic amines is 1. The lowest BCUT2D eigenvalue weighted by Crippen LogP contribution is -1.71. The van der Waals surface area contributed by atoms with E-state index in [4.69, 9.17) is 0 Å². The third-order valence-electron chi connectivity index (χ3n) is 1.72. The van der Waals surface area contributed by atoms with Crippen molar-refractivity contribution in [1.29, 1.82) is 0 Å². The number of aromatic nitrogens is 1. The lowest BCUT2D eigenvalue weighted by molar-refractivity contribution is 0.630. The third kappa shape index (κ3) is 2.59. The molecule has 0 atom stereocenters. The van der Waals surface area contributed by atoms with Crippen LogP contribution in [0.4, 0.5) is 4.39 Å². The minimum Gasteiger partial charge on any atom is -0.359 e. The van der Waals surface area contributed by atoms with E-state index >= 15 is 0 Å². The highest BCUT2D eigenvalue weighted by atomic mass is 19.1. The zero-order valence-corrected chi connectivity index (χ0v) is 8.89. The zero-order valence-electron chi connectivity index (χ0n) is 8.89. The molecule has 0 aliphatic heterocycles. The molecule has 0 saturated heterocycles. The van der Waals surface area contributed by atoms with Crippen molar-refractivity contribution >= 4 is 10.9 Å². The molecule has 0 unspecified atom stereocenters. The lowest BCUT2D eigenvalue weighted by atomic mass is 10.2. The highest BCUT2D eigenvalue weighted by Crippen LogP contribution is 2.15. The summed E-state index contributed by atoms with van der Waals surface area (Å²) >= 11 is 0. The molecular weight excluding hydrogens is 177 g/mol. The number of hydrogen-bond donors (Lipinski definition) is 1. The minimum absolute atomic E-state index is 0.184. The second-order valence-corrected chi connectivity index (χ2v) is 3.39. The van der Waals surface area contributed by atoms with E-state index in [9.17, 15) is 4.39 Å². The molecule has 0 fully saturated rings. The van der Waals surface area contributed by atoms with Gasteiger partial charge in [0.25, 0.3) is 0 Å². The Morgan fingerprint density at radius 2 is 1.86 bits per heavy atom. The number of hydrogen-bond acceptors (Lipinski definition) is 0. The van der Waals surface area contributed by atoms with Gasteiger partial charge in [0, 0.05) is 16.6 Å². The maximum atomic E-state index is 12.6. The molecule has 1 aromatic heterocycles. The second kappa shape index (κ2) is 4.80.